The summed E-state index contributed by atoms with van der Waals surface area (Å²) in [6, 6.07) is 7.20. The van der Waals surface area contributed by atoms with Crippen LogP contribution in [0.15, 0.2) is 28.7 Å². The van der Waals surface area contributed by atoms with Crippen molar-refractivity contribution in [2.45, 2.75) is 13.0 Å². The van der Waals surface area contributed by atoms with E-state index in [1.165, 1.54) is 0 Å². The lowest BCUT2D eigenvalue weighted by molar-refractivity contribution is -0.137. The molecule has 1 aromatic rings. The van der Waals surface area contributed by atoms with E-state index >= 15 is 0 Å². The van der Waals surface area contributed by atoms with Gasteiger partial charge in [-0.1, -0.05) is 28.1 Å². The van der Waals surface area contributed by atoms with Crippen LogP contribution in [0, 0.1) is 0 Å². The molecular weight excluding hydrogens is 260 g/mol. The lowest BCUT2D eigenvalue weighted by atomic mass is 10.1. The molecule has 1 unspecified atom stereocenters. The number of hydrogen-bond acceptors (Lipinski definition) is 2. The van der Waals surface area contributed by atoms with Gasteiger partial charge in [-0.15, -0.1) is 0 Å². The van der Waals surface area contributed by atoms with Crippen molar-refractivity contribution >= 4 is 27.7 Å². The van der Waals surface area contributed by atoms with Crippen LogP contribution in [0.3, 0.4) is 0 Å². The van der Waals surface area contributed by atoms with Crippen LogP contribution in [-0.2, 0) is 9.59 Å². The van der Waals surface area contributed by atoms with Crippen molar-refractivity contribution in [3.8, 4) is 0 Å². The predicted molar refractivity (Wildman–Crippen MR) is 59.9 cm³/mol. The summed E-state index contributed by atoms with van der Waals surface area (Å²) in [5.74, 6) is -1.75. The van der Waals surface area contributed by atoms with Crippen molar-refractivity contribution in [1.82, 2.24) is 5.32 Å². The van der Waals surface area contributed by atoms with Crippen LogP contribution < -0.4 is 11.1 Å². The van der Waals surface area contributed by atoms with Crippen molar-refractivity contribution in [1.29, 1.82) is 0 Å². The van der Waals surface area contributed by atoms with Crippen LogP contribution in [0.1, 0.15) is 18.5 Å². The highest BCUT2D eigenvalue weighted by molar-refractivity contribution is 9.10. The predicted octanol–water partition coefficient (Wildman–Crippen LogP) is 1.11. The monoisotopic (exact) mass is 270 g/mol. The van der Waals surface area contributed by atoms with Gasteiger partial charge in [0.1, 0.15) is 0 Å². The molecule has 4 nitrogen and oxygen atoms in total. The fraction of sp³-hybridized carbons (Fsp3) is 0.200. The van der Waals surface area contributed by atoms with Gasteiger partial charge in [-0.3, -0.25) is 9.59 Å². The summed E-state index contributed by atoms with van der Waals surface area (Å²) in [7, 11) is 0. The van der Waals surface area contributed by atoms with Gasteiger partial charge in [0.15, 0.2) is 0 Å². The zero-order chi connectivity index (χ0) is 11.4. The molecule has 80 valence electrons. The van der Waals surface area contributed by atoms with Crippen LogP contribution >= 0.6 is 15.9 Å². The number of nitrogens with two attached hydrogens (primary N) is 1. The number of carbonyl (C=O) groups excluding carboxylic acids is 2. The molecule has 3 N–H and O–H groups in total. The second-order valence-electron chi connectivity index (χ2n) is 3.11. The molecule has 1 aromatic carbocycles. The molecule has 0 radical (unpaired) electrons. The Hall–Kier alpha value is -1.36. The van der Waals surface area contributed by atoms with E-state index in [4.69, 9.17) is 5.73 Å². The number of benzene rings is 1. The molecule has 0 spiro atoms. The number of halogens is 1. The molecule has 0 saturated heterocycles. The van der Waals surface area contributed by atoms with Gasteiger partial charge in [0.05, 0.1) is 6.04 Å². The molecule has 0 heterocycles. The minimum Gasteiger partial charge on any atom is -0.361 e. The van der Waals surface area contributed by atoms with Gasteiger partial charge in [0.25, 0.3) is 0 Å². The summed E-state index contributed by atoms with van der Waals surface area (Å²) in [6.45, 7) is 1.78. The van der Waals surface area contributed by atoms with Gasteiger partial charge < -0.3 is 11.1 Å². The Morgan fingerprint density at radius 3 is 2.33 bits per heavy atom. The molecule has 0 saturated carbocycles. The summed E-state index contributed by atoms with van der Waals surface area (Å²) in [5.41, 5.74) is 5.74. The molecule has 0 bridgehead atoms. The van der Waals surface area contributed by atoms with E-state index in [9.17, 15) is 9.59 Å². The fourth-order valence-electron chi connectivity index (χ4n) is 1.10. The van der Waals surface area contributed by atoms with Crippen molar-refractivity contribution in [3.63, 3.8) is 0 Å². The lowest BCUT2D eigenvalue weighted by Crippen LogP contribution is -2.37. The standard InChI is InChI=1S/C10H11BrN2O2/c1-6(13-10(15)9(12)14)7-2-4-8(11)5-3-7/h2-6H,1H3,(H2,12,14)(H,13,15). The number of rotatable bonds is 2. The summed E-state index contributed by atoms with van der Waals surface area (Å²) in [4.78, 5) is 21.5. The van der Waals surface area contributed by atoms with Gasteiger partial charge in [0.2, 0.25) is 0 Å². The highest BCUT2D eigenvalue weighted by Gasteiger charge is 2.13. The van der Waals surface area contributed by atoms with Crippen LogP contribution in [0.2, 0.25) is 0 Å². The molecule has 0 aliphatic heterocycles. The van der Waals surface area contributed by atoms with E-state index in [1.54, 1.807) is 6.92 Å². The number of primary amides is 1. The first-order chi connectivity index (χ1) is 7.00. The molecule has 0 aromatic heterocycles. The third kappa shape index (κ3) is 3.36. The fourth-order valence-corrected chi connectivity index (χ4v) is 1.37. The van der Waals surface area contributed by atoms with E-state index in [1.807, 2.05) is 24.3 Å². The second-order valence-corrected chi connectivity index (χ2v) is 4.03. The Morgan fingerprint density at radius 1 is 1.33 bits per heavy atom. The minimum atomic E-state index is -0.973. The highest BCUT2D eigenvalue weighted by atomic mass is 79.9. The Balaban J connectivity index is 2.69. The minimum absolute atomic E-state index is 0.238. The van der Waals surface area contributed by atoms with Gasteiger partial charge in [-0.25, -0.2) is 0 Å². The van der Waals surface area contributed by atoms with E-state index in [-0.39, 0.29) is 6.04 Å². The zero-order valence-electron chi connectivity index (χ0n) is 8.16. The summed E-state index contributed by atoms with van der Waals surface area (Å²) in [6.07, 6.45) is 0. The maximum atomic E-state index is 11.0. The summed E-state index contributed by atoms with van der Waals surface area (Å²) < 4.78 is 0.958. The van der Waals surface area contributed by atoms with Gasteiger partial charge in [-0.2, -0.15) is 0 Å². The Bertz CT molecular complexity index is 376. The van der Waals surface area contributed by atoms with Gasteiger partial charge >= 0.3 is 11.8 Å². The number of amides is 2. The van der Waals surface area contributed by atoms with E-state index in [0.717, 1.165) is 10.0 Å². The maximum absolute atomic E-state index is 11.0. The van der Waals surface area contributed by atoms with Crippen LogP contribution in [-0.4, -0.2) is 11.8 Å². The molecular formula is C10H11BrN2O2. The van der Waals surface area contributed by atoms with Crippen LogP contribution in [0.5, 0.6) is 0 Å². The van der Waals surface area contributed by atoms with Crippen molar-refractivity contribution in [2.24, 2.45) is 5.73 Å². The van der Waals surface area contributed by atoms with Crippen molar-refractivity contribution in [2.75, 3.05) is 0 Å². The van der Waals surface area contributed by atoms with Gasteiger partial charge in [-0.05, 0) is 24.6 Å². The smallest absolute Gasteiger partial charge is 0.309 e. The van der Waals surface area contributed by atoms with Crippen molar-refractivity contribution in [3.05, 3.63) is 34.3 Å². The second kappa shape index (κ2) is 4.93. The first kappa shape index (κ1) is 11.7. The summed E-state index contributed by atoms with van der Waals surface area (Å²) in [5, 5.41) is 2.49. The first-order valence-electron chi connectivity index (χ1n) is 4.36. The topological polar surface area (TPSA) is 72.2 Å². The zero-order valence-corrected chi connectivity index (χ0v) is 9.74. The average molecular weight is 271 g/mol. The molecule has 5 heteroatoms. The average Bonchev–Trinajstić information content (AvgIpc) is 2.18. The molecule has 2 amide bonds. The third-order valence-corrected chi connectivity index (χ3v) is 2.47. The summed E-state index contributed by atoms with van der Waals surface area (Å²) >= 11 is 3.31. The molecule has 1 atom stereocenters. The molecule has 0 fully saturated rings. The van der Waals surface area contributed by atoms with E-state index in [2.05, 4.69) is 21.2 Å². The first-order valence-corrected chi connectivity index (χ1v) is 5.15. The van der Waals surface area contributed by atoms with E-state index in [0.29, 0.717) is 0 Å². The number of hydrogen-bond donors (Lipinski definition) is 2. The number of nitrogens with one attached hydrogen (secondary N) is 1. The Kier molecular flexibility index (Phi) is 3.85. The SMILES string of the molecule is CC(NC(=O)C(N)=O)c1ccc(Br)cc1. The maximum Gasteiger partial charge on any atom is 0.309 e. The normalized spacial score (nSPS) is 11.9. The van der Waals surface area contributed by atoms with Crippen LogP contribution in [0.25, 0.3) is 0 Å². The Labute approximate surface area is 96.0 Å². The third-order valence-electron chi connectivity index (χ3n) is 1.94. The lowest BCUT2D eigenvalue weighted by Gasteiger charge is -2.12. The quantitative estimate of drug-likeness (QED) is 0.791. The highest BCUT2D eigenvalue weighted by Crippen LogP contribution is 2.16. The van der Waals surface area contributed by atoms with Crippen molar-refractivity contribution < 1.29 is 9.59 Å². The molecule has 0 aliphatic rings. The number of carbonyl (C=O) groups is 2. The molecule has 15 heavy (non-hydrogen) atoms. The van der Waals surface area contributed by atoms with Crippen LogP contribution in [0.4, 0.5) is 0 Å². The van der Waals surface area contributed by atoms with Gasteiger partial charge in [0, 0.05) is 4.47 Å². The molecule has 0 aliphatic carbocycles. The Morgan fingerprint density at radius 2 is 1.87 bits per heavy atom. The largest absolute Gasteiger partial charge is 0.361 e. The molecule has 1 rings (SSSR count). The van der Waals surface area contributed by atoms with E-state index < -0.39 is 11.8 Å².